The fourth-order valence-electron chi connectivity index (χ4n) is 2.10. The smallest absolute Gasteiger partial charge is 0.221 e. The van der Waals surface area contributed by atoms with Crippen LogP contribution in [0.1, 0.15) is 38.5 Å². The SMILES string of the molecule is Nc1nc(SCCC(=O)NC2CCCCC2)n[nH]1. The minimum absolute atomic E-state index is 0.123. The molecule has 0 spiro atoms. The molecule has 0 aliphatic heterocycles. The maximum atomic E-state index is 11.7. The van der Waals surface area contributed by atoms with E-state index in [0.717, 1.165) is 12.8 Å². The van der Waals surface area contributed by atoms with Gasteiger partial charge in [0.15, 0.2) is 0 Å². The van der Waals surface area contributed by atoms with Crippen LogP contribution in [0.15, 0.2) is 5.16 Å². The molecule has 4 N–H and O–H groups in total. The van der Waals surface area contributed by atoms with Gasteiger partial charge in [0.2, 0.25) is 17.0 Å². The van der Waals surface area contributed by atoms with Crippen molar-refractivity contribution in [1.29, 1.82) is 0 Å². The van der Waals surface area contributed by atoms with Crippen LogP contribution in [0.5, 0.6) is 0 Å². The van der Waals surface area contributed by atoms with Crippen LogP contribution in [0, 0.1) is 0 Å². The van der Waals surface area contributed by atoms with E-state index in [1.54, 1.807) is 0 Å². The van der Waals surface area contributed by atoms with Crippen LogP contribution >= 0.6 is 11.8 Å². The molecule has 100 valence electrons. The molecule has 0 radical (unpaired) electrons. The Bertz CT molecular complexity index is 389. The van der Waals surface area contributed by atoms with E-state index in [4.69, 9.17) is 5.73 Å². The second-order valence-corrected chi connectivity index (χ2v) is 5.57. The average molecular weight is 269 g/mol. The summed E-state index contributed by atoms with van der Waals surface area (Å²) in [5, 5.41) is 10.1. The summed E-state index contributed by atoms with van der Waals surface area (Å²) in [6, 6.07) is 0.385. The number of hydrogen-bond acceptors (Lipinski definition) is 5. The van der Waals surface area contributed by atoms with Crippen LogP contribution in [0.4, 0.5) is 5.95 Å². The highest BCUT2D eigenvalue weighted by atomic mass is 32.2. The summed E-state index contributed by atoms with van der Waals surface area (Å²) in [5.74, 6) is 1.11. The van der Waals surface area contributed by atoms with Crippen molar-refractivity contribution in [1.82, 2.24) is 20.5 Å². The summed E-state index contributed by atoms with van der Waals surface area (Å²) in [6.45, 7) is 0. The Hall–Kier alpha value is -1.24. The molecule has 1 aliphatic rings. The molecular formula is C11H19N5OS. The summed E-state index contributed by atoms with van der Waals surface area (Å²) in [7, 11) is 0. The minimum atomic E-state index is 0.123. The summed E-state index contributed by atoms with van der Waals surface area (Å²) in [6.07, 6.45) is 6.50. The lowest BCUT2D eigenvalue weighted by molar-refractivity contribution is -0.121. The standard InChI is InChI=1S/C11H19N5OS/c12-10-14-11(16-15-10)18-7-6-9(17)13-8-4-2-1-3-5-8/h8H,1-7H2,(H,13,17)(H3,12,14,15,16). The van der Waals surface area contributed by atoms with E-state index >= 15 is 0 Å². The largest absolute Gasteiger partial charge is 0.368 e. The Morgan fingerprint density at radius 1 is 1.44 bits per heavy atom. The van der Waals surface area contributed by atoms with E-state index in [2.05, 4.69) is 20.5 Å². The first-order valence-corrected chi connectivity index (χ1v) is 7.32. The van der Waals surface area contributed by atoms with Crippen LogP contribution in [0.3, 0.4) is 0 Å². The molecule has 1 aliphatic carbocycles. The highest BCUT2D eigenvalue weighted by Gasteiger charge is 2.15. The molecule has 1 amide bonds. The number of nitrogens with one attached hydrogen (secondary N) is 2. The number of aromatic nitrogens is 3. The molecule has 18 heavy (non-hydrogen) atoms. The van der Waals surface area contributed by atoms with Crippen molar-refractivity contribution in [3.63, 3.8) is 0 Å². The zero-order valence-corrected chi connectivity index (χ0v) is 11.1. The van der Waals surface area contributed by atoms with Gasteiger partial charge in [-0.1, -0.05) is 31.0 Å². The van der Waals surface area contributed by atoms with Gasteiger partial charge in [-0.3, -0.25) is 4.79 Å². The van der Waals surface area contributed by atoms with Crippen LogP contribution in [0.25, 0.3) is 0 Å². The lowest BCUT2D eigenvalue weighted by Gasteiger charge is -2.22. The van der Waals surface area contributed by atoms with Crippen molar-refractivity contribution in [3.05, 3.63) is 0 Å². The second-order valence-electron chi connectivity index (χ2n) is 4.50. The lowest BCUT2D eigenvalue weighted by atomic mass is 9.95. The number of nitrogen functional groups attached to an aromatic ring is 1. The van der Waals surface area contributed by atoms with Gasteiger partial charge in [0.25, 0.3) is 0 Å². The van der Waals surface area contributed by atoms with Crippen LogP contribution in [-0.4, -0.2) is 32.9 Å². The molecule has 0 unspecified atom stereocenters. The lowest BCUT2D eigenvalue weighted by Crippen LogP contribution is -2.36. The quantitative estimate of drug-likeness (QED) is 0.700. The molecule has 6 nitrogen and oxygen atoms in total. The number of nitrogens with two attached hydrogens (primary N) is 1. The first-order valence-electron chi connectivity index (χ1n) is 6.34. The molecule has 2 rings (SSSR count). The zero-order chi connectivity index (χ0) is 12.8. The zero-order valence-electron chi connectivity index (χ0n) is 10.3. The Kier molecular flexibility index (Phi) is 4.86. The van der Waals surface area contributed by atoms with Gasteiger partial charge in [0.1, 0.15) is 0 Å². The number of rotatable bonds is 5. The Balaban J connectivity index is 1.62. The molecule has 0 aromatic carbocycles. The number of hydrogen-bond donors (Lipinski definition) is 3. The average Bonchev–Trinajstić information content (AvgIpc) is 2.76. The highest BCUT2D eigenvalue weighted by molar-refractivity contribution is 7.99. The number of aromatic amines is 1. The molecule has 0 bridgehead atoms. The Morgan fingerprint density at radius 2 is 2.22 bits per heavy atom. The van der Waals surface area contributed by atoms with Crippen molar-refractivity contribution in [2.75, 3.05) is 11.5 Å². The van der Waals surface area contributed by atoms with E-state index in [9.17, 15) is 4.79 Å². The third-order valence-corrected chi connectivity index (χ3v) is 3.86. The number of amides is 1. The number of carbonyl (C=O) groups excluding carboxylic acids is 1. The Morgan fingerprint density at radius 3 is 2.89 bits per heavy atom. The summed E-state index contributed by atoms with van der Waals surface area (Å²) < 4.78 is 0. The van der Waals surface area contributed by atoms with Gasteiger partial charge in [-0.05, 0) is 12.8 Å². The molecule has 0 atom stereocenters. The predicted molar refractivity (Wildman–Crippen MR) is 71.2 cm³/mol. The van der Waals surface area contributed by atoms with Gasteiger partial charge in [0.05, 0.1) is 0 Å². The number of nitrogens with zero attached hydrogens (tertiary/aromatic N) is 2. The van der Waals surface area contributed by atoms with Crippen molar-refractivity contribution in [3.8, 4) is 0 Å². The number of H-pyrrole nitrogens is 1. The molecule has 1 aromatic heterocycles. The highest BCUT2D eigenvalue weighted by Crippen LogP contribution is 2.18. The maximum Gasteiger partial charge on any atom is 0.221 e. The van der Waals surface area contributed by atoms with E-state index in [-0.39, 0.29) is 5.91 Å². The molecule has 0 saturated heterocycles. The van der Waals surface area contributed by atoms with Crippen molar-refractivity contribution >= 4 is 23.6 Å². The number of anilines is 1. The van der Waals surface area contributed by atoms with Gasteiger partial charge in [-0.2, -0.15) is 4.98 Å². The maximum absolute atomic E-state index is 11.7. The normalized spacial score (nSPS) is 16.7. The molecule has 1 heterocycles. The van der Waals surface area contributed by atoms with Gasteiger partial charge >= 0.3 is 0 Å². The van der Waals surface area contributed by atoms with Gasteiger partial charge in [-0.15, -0.1) is 5.10 Å². The fourth-order valence-corrected chi connectivity index (χ4v) is 2.85. The van der Waals surface area contributed by atoms with Gasteiger partial charge in [-0.25, -0.2) is 5.10 Å². The Labute approximate surface area is 111 Å². The van der Waals surface area contributed by atoms with Crippen molar-refractivity contribution in [2.24, 2.45) is 0 Å². The van der Waals surface area contributed by atoms with E-state index in [1.165, 1.54) is 31.0 Å². The van der Waals surface area contributed by atoms with Crippen molar-refractivity contribution < 1.29 is 4.79 Å². The first kappa shape index (κ1) is 13.2. The van der Waals surface area contributed by atoms with Gasteiger partial charge < -0.3 is 11.1 Å². The third-order valence-electron chi connectivity index (χ3n) is 3.01. The molecule has 1 saturated carbocycles. The third kappa shape index (κ3) is 4.21. The monoisotopic (exact) mass is 269 g/mol. The molecule has 7 heteroatoms. The number of thioether (sulfide) groups is 1. The second kappa shape index (κ2) is 6.63. The van der Waals surface area contributed by atoms with E-state index in [0.29, 0.717) is 29.3 Å². The van der Waals surface area contributed by atoms with Crippen LogP contribution in [0.2, 0.25) is 0 Å². The molecular weight excluding hydrogens is 250 g/mol. The van der Waals surface area contributed by atoms with E-state index < -0.39 is 0 Å². The summed E-state index contributed by atoms with van der Waals surface area (Å²) in [5.41, 5.74) is 5.41. The van der Waals surface area contributed by atoms with Crippen LogP contribution < -0.4 is 11.1 Å². The predicted octanol–water partition coefficient (Wildman–Crippen LogP) is 1.32. The van der Waals surface area contributed by atoms with Crippen LogP contribution in [-0.2, 0) is 4.79 Å². The fraction of sp³-hybridized carbons (Fsp3) is 0.727. The topological polar surface area (TPSA) is 96.7 Å². The summed E-state index contributed by atoms with van der Waals surface area (Å²) >= 11 is 1.44. The van der Waals surface area contributed by atoms with Gasteiger partial charge in [0, 0.05) is 18.2 Å². The minimum Gasteiger partial charge on any atom is -0.368 e. The first-order chi connectivity index (χ1) is 8.74. The van der Waals surface area contributed by atoms with Crippen molar-refractivity contribution in [2.45, 2.75) is 49.7 Å². The molecule has 1 fully saturated rings. The molecule has 1 aromatic rings. The van der Waals surface area contributed by atoms with E-state index in [1.807, 2.05) is 0 Å². The number of carbonyl (C=O) groups is 1. The summed E-state index contributed by atoms with van der Waals surface area (Å²) in [4.78, 5) is 15.7.